The molecule has 0 aliphatic heterocycles. The predicted octanol–water partition coefficient (Wildman–Crippen LogP) is 19.2. The fourth-order valence-electron chi connectivity index (χ4n) is 12.5. The molecular formula is C69H53N5. The zero-order valence-corrected chi connectivity index (χ0v) is 42.4. The van der Waals surface area contributed by atoms with Gasteiger partial charge in [0, 0.05) is 71.2 Å². The van der Waals surface area contributed by atoms with Crippen LogP contribution in [0.4, 0.5) is 34.1 Å². The average Bonchev–Trinajstić information content (AvgIpc) is 4.26. The molecule has 0 fully saturated rings. The van der Waals surface area contributed by atoms with Gasteiger partial charge in [-0.15, -0.1) is 0 Å². The molecule has 0 saturated carbocycles. The van der Waals surface area contributed by atoms with Crippen molar-refractivity contribution in [3.63, 3.8) is 0 Å². The molecule has 15 rings (SSSR count). The molecule has 5 heterocycles. The summed E-state index contributed by atoms with van der Waals surface area (Å²) in [5.41, 5.74) is 15.8. The maximum Gasteiger partial charge on any atom is 0.146 e. The van der Waals surface area contributed by atoms with Crippen LogP contribution in [0.15, 0.2) is 212 Å². The van der Waals surface area contributed by atoms with Crippen LogP contribution in [0.5, 0.6) is 0 Å². The third-order valence-corrected chi connectivity index (χ3v) is 16.0. The second kappa shape index (κ2) is 15.3. The third-order valence-electron chi connectivity index (χ3n) is 16.0. The molecule has 5 heteroatoms. The smallest absolute Gasteiger partial charge is 0.146 e. The van der Waals surface area contributed by atoms with E-state index in [4.69, 9.17) is 4.98 Å². The van der Waals surface area contributed by atoms with E-state index in [2.05, 4.69) is 273 Å². The lowest BCUT2D eigenvalue weighted by atomic mass is 9.84. The van der Waals surface area contributed by atoms with E-state index in [0.717, 1.165) is 50.8 Å². The fraction of sp³-hybridized carbons (Fsp3) is 0.116. The standard InChI is InChI=1S/C69H53N5/c1-68(2,3)44-37-52-53-38-45(69(4,5)6)40-57(71(46-25-11-7-12-26-46)47-27-13-8-14-28-47)63(53)73-58-41-70-67-61(60(58)56(39-44)62(52)73)55-35-42-23-19-21-33-50(42)59-54-36-43-24-20-22-34-51(43)65(66(54)74(67)64(55)59)72(48-29-15-9-16-30-48)49-31-17-10-18-32-49/h7-41H,1-6H3. The summed E-state index contributed by atoms with van der Waals surface area (Å²) in [5, 5.41) is 14.7. The van der Waals surface area contributed by atoms with Crippen LogP contribution in [0.1, 0.15) is 52.7 Å². The molecule has 15 aromatic rings. The Morgan fingerprint density at radius 3 is 1.36 bits per heavy atom. The van der Waals surface area contributed by atoms with E-state index in [1.54, 1.807) is 0 Å². The highest BCUT2D eigenvalue weighted by Gasteiger charge is 2.33. The van der Waals surface area contributed by atoms with Crippen molar-refractivity contribution in [2.24, 2.45) is 0 Å². The number of hydrogen-bond acceptors (Lipinski definition) is 3. The molecule has 0 saturated heterocycles. The zero-order chi connectivity index (χ0) is 49.8. The molecule has 5 nitrogen and oxygen atoms in total. The molecule has 0 spiro atoms. The van der Waals surface area contributed by atoms with Crippen molar-refractivity contribution in [2.75, 3.05) is 9.80 Å². The number of anilines is 6. The van der Waals surface area contributed by atoms with Gasteiger partial charge in [-0.3, -0.25) is 4.40 Å². The van der Waals surface area contributed by atoms with Gasteiger partial charge in [-0.05, 0) is 123 Å². The molecule has 0 bridgehead atoms. The van der Waals surface area contributed by atoms with Crippen LogP contribution in [0.25, 0.3) is 97.9 Å². The van der Waals surface area contributed by atoms with Gasteiger partial charge in [-0.25, -0.2) is 4.98 Å². The molecule has 0 amide bonds. The van der Waals surface area contributed by atoms with Gasteiger partial charge in [0.2, 0.25) is 0 Å². The Bertz CT molecular complexity index is 4630. The van der Waals surface area contributed by atoms with Crippen LogP contribution < -0.4 is 9.80 Å². The van der Waals surface area contributed by atoms with E-state index >= 15 is 0 Å². The topological polar surface area (TPSA) is 28.2 Å². The van der Waals surface area contributed by atoms with Gasteiger partial charge in [0.25, 0.3) is 0 Å². The second-order valence-electron chi connectivity index (χ2n) is 22.4. The third kappa shape index (κ3) is 5.95. The molecule has 0 atom stereocenters. The Morgan fingerprint density at radius 2 is 0.797 bits per heavy atom. The number of hydrogen-bond donors (Lipinski definition) is 0. The molecule has 0 aliphatic carbocycles. The molecule has 0 radical (unpaired) electrons. The second-order valence-corrected chi connectivity index (χ2v) is 22.4. The van der Waals surface area contributed by atoms with Crippen LogP contribution in [0, 0.1) is 0 Å². The first-order valence-corrected chi connectivity index (χ1v) is 26.0. The SMILES string of the molecule is CC(C)(C)c1cc(N(c2ccccc2)c2ccccc2)c2c(c1)c1cc(C(C)(C)C)cc3c4c5c6cc7ccccc7c7c8cc9ccccc9c(N(c9ccccc9)c9ccccc9)c8n(c5ncc4n2c13)c67. The first-order valence-electron chi connectivity index (χ1n) is 26.0. The number of fused-ring (bicyclic) bond motifs is 16. The molecule has 10 aromatic carbocycles. The van der Waals surface area contributed by atoms with Crippen LogP contribution >= 0.6 is 0 Å². The highest BCUT2D eigenvalue weighted by molar-refractivity contribution is 6.39. The summed E-state index contributed by atoms with van der Waals surface area (Å²) in [6, 6.07) is 76.2. The highest BCUT2D eigenvalue weighted by atomic mass is 15.2. The van der Waals surface area contributed by atoms with E-state index in [-0.39, 0.29) is 10.8 Å². The number of pyridine rings is 1. The maximum atomic E-state index is 5.79. The molecular weight excluding hydrogens is 899 g/mol. The molecule has 354 valence electrons. The summed E-state index contributed by atoms with van der Waals surface area (Å²) >= 11 is 0. The van der Waals surface area contributed by atoms with Crippen molar-refractivity contribution in [1.82, 2.24) is 13.8 Å². The summed E-state index contributed by atoms with van der Waals surface area (Å²) in [5.74, 6) is 0. The minimum atomic E-state index is -0.130. The van der Waals surface area contributed by atoms with Crippen molar-refractivity contribution in [1.29, 1.82) is 0 Å². The van der Waals surface area contributed by atoms with E-state index in [1.165, 1.54) is 92.3 Å². The van der Waals surface area contributed by atoms with Gasteiger partial charge in [0.15, 0.2) is 0 Å². The highest BCUT2D eigenvalue weighted by Crippen LogP contribution is 2.54. The van der Waals surface area contributed by atoms with Crippen molar-refractivity contribution < 1.29 is 0 Å². The monoisotopic (exact) mass is 951 g/mol. The fourth-order valence-corrected chi connectivity index (χ4v) is 12.5. The molecule has 5 aromatic heterocycles. The van der Waals surface area contributed by atoms with E-state index in [9.17, 15) is 0 Å². The van der Waals surface area contributed by atoms with Crippen LogP contribution in [0.2, 0.25) is 0 Å². The quantitative estimate of drug-likeness (QED) is 0.166. The average molecular weight is 952 g/mol. The first-order chi connectivity index (χ1) is 36.0. The molecule has 74 heavy (non-hydrogen) atoms. The van der Waals surface area contributed by atoms with E-state index in [1.807, 2.05) is 0 Å². The summed E-state index contributed by atoms with van der Waals surface area (Å²) in [7, 11) is 0. The van der Waals surface area contributed by atoms with Gasteiger partial charge < -0.3 is 14.2 Å². The number of aromatic nitrogens is 3. The van der Waals surface area contributed by atoms with Gasteiger partial charge in [-0.2, -0.15) is 0 Å². The van der Waals surface area contributed by atoms with Crippen LogP contribution in [-0.2, 0) is 10.8 Å². The molecule has 0 aliphatic rings. The molecule has 0 unspecified atom stereocenters. The van der Waals surface area contributed by atoms with Gasteiger partial charge in [-0.1, -0.05) is 163 Å². The Morgan fingerprint density at radius 1 is 0.351 bits per heavy atom. The number of nitrogens with zero attached hydrogens (tertiary/aromatic N) is 5. The summed E-state index contributed by atoms with van der Waals surface area (Å²) in [6.07, 6.45) is 2.19. The van der Waals surface area contributed by atoms with Gasteiger partial charge in [0.1, 0.15) is 5.65 Å². The lowest BCUT2D eigenvalue weighted by molar-refractivity contribution is 0.591. The summed E-state index contributed by atoms with van der Waals surface area (Å²) in [4.78, 5) is 10.7. The largest absolute Gasteiger partial charge is 0.308 e. The van der Waals surface area contributed by atoms with Gasteiger partial charge in [0.05, 0.1) is 45.2 Å². The summed E-state index contributed by atoms with van der Waals surface area (Å²) in [6.45, 7) is 14.1. The normalized spacial score (nSPS) is 12.7. The van der Waals surface area contributed by atoms with E-state index in [0.29, 0.717) is 0 Å². The van der Waals surface area contributed by atoms with Crippen LogP contribution in [-0.4, -0.2) is 13.8 Å². The maximum absolute atomic E-state index is 5.79. The minimum absolute atomic E-state index is 0.121. The minimum Gasteiger partial charge on any atom is -0.308 e. The van der Waals surface area contributed by atoms with Gasteiger partial charge >= 0.3 is 0 Å². The van der Waals surface area contributed by atoms with Crippen LogP contribution in [0.3, 0.4) is 0 Å². The Kier molecular flexibility index (Phi) is 8.83. The Hall–Kier alpha value is -8.93. The van der Waals surface area contributed by atoms with E-state index < -0.39 is 0 Å². The molecule has 0 N–H and O–H groups in total. The predicted molar refractivity (Wildman–Crippen MR) is 315 cm³/mol. The lowest BCUT2D eigenvalue weighted by Crippen LogP contribution is -2.15. The van der Waals surface area contributed by atoms with Crippen molar-refractivity contribution >= 4 is 132 Å². The number of para-hydroxylation sites is 4. The van der Waals surface area contributed by atoms with Crippen molar-refractivity contribution in [3.05, 3.63) is 224 Å². The Labute approximate surface area is 429 Å². The summed E-state index contributed by atoms with van der Waals surface area (Å²) < 4.78 is 5.11. The zero-order valence-electron chi connectivity index (χ0n) is 42.4. The number of benzene rings is 10. The first kappa shape index (κ1) is 42.7. The Balaban J connectivity index is 1.18. The van der Waals surface area contributed by atoms with Crippen molar-refractivity contribution in [3.8, 4) is 0 Å². The number of rotatable bonds is 6. The lowest BCUT2D eigenvalue weighted by Gasteiger charge is -2.29. The van der Waals surface area contributed by atoms with Crippen molar-refractivity contribution in [2.45, 2.75) is 52.4 Å².